The Hall–Kier alpha value is -4.50. The first kappa shape index (κ1) is 26.1. The van der Waals surface area contributed by atoms with Crippen LogP contribution in [0.4, 0.5) is 0 Å². The highest BCUT2D eigenvalue weighted by Gasteiger charge is 2.21. The second kappa shape index (κ2) is 11.9. The van der Waals surface area contributed by atoms with Crippen LogP contribution in [0.5, 0.6) is 23.0 Å². The van der Waals surface area contributed by atoms with Crippen molar-refractivity contribution in [1.82, 2.24) is 14.8 Å². The molecule has 4 aromatic rings. The number of ether oxygens (including phenoxy) is 4. The van der Waals surface area contributed by atoms with Crippen molar-refractivity contribution in [2.75, 3.05) is 28.1 Å². The number of fused-ring (bicyclic) bond motifs is 1. The Kier molecular flexibility index (Phi) is 7.98. The van der Waals surface area contributed by atoms with Gasteiger partial charge in [-0.1, -0.05) is 48.5 Å². The molecule has 5 rings (SSSR count). The Morgan fingerprint density at radius 2 is 1.69 bits per heavy atom. The number of para-hydroxylation sites is 1. The standard InChI is InChI=1S/C30H31N3O6/c1-32(15-21-8-5-4-6-9-21)30(34)24-19-37-28(31-24)18-33(16-22-12-13-25-27(14-22)39-20-38-25)17-23-10-7-11-26(35-2)29(23)36-3/h4-14,19H,15-18,20H2,1-3H3. The van der Waals surface area contributed by atoms with Crippen molar-refractivity contribution in [3.05, 3.63) is 101 Å². The maximum absolute atomic E-state index is 13.0. The number of oxazole rings is 1. The summed E-state index contributed by atoms with van der Waals surface area (Å²) in [5, 5.41) is 0. The Balaban J connectivity index is 1.35. The van der Waals surface area contributed by atoms with E-state index in [9.17, 15) is 4.79 Å². The van der Waals surface area contributed by atoms with Gasteiger partial charge >= 0.3 is 0 Å². The predicted molar refractivity (Wildman–Crippen MR) is 144 cm³/mol. The van der Waals surface area contributed by atoms with E-state index in [4.69, 9.17) is 23.4 Å². The molecule has 1 amide bonds. The fraction of sp³-hybridized carbons (Fsp3) is 0.267. The van der Waals surface area contributed by atoms with Crippen LogP contribution in [0.25, 0.3) is 0 Å². The van der Waals surface area contributed by atoms with Crippen LogP contribution in [0.2, 0.25) is 0 Å². The number of hydrogen-bond acceptors (Lipinski definition) is 8. The summed E-state index contributed by atoms with van der Waals surface area (Å²) in [4.78, 5) is 21.3. The SMILES string of the molecule is COc1cccc(CN(Cc2ccc3c(c2)OCO3)Cc2nc(C(=O)N(C)Cc3ccccc3)co2)c1OC. The predicted octanol–water partition coefficient (Wildman–Crippen LogP) is 4.90. The average molecular weight is 530 g/mol. The summed E-state index contributed by atoms with van der Waals surface area (Å²) in [6.45, 7) is 2.15. The molecule has 39 heavy (non-hydrogen) atoms. The number of nitrogens with zero attached hydrogens (tertiary/aromatic N) is 3. The molecule has 0 saturated heterocycles. The fourth-order valence-corrected chi connectivity index (χ4v) is 4.58. The van der Waals surface area contributed by atoms with Crippen LogP contribution in [0, 0.1) is 0 Å². The molecule has 9 heteroatoms. The zero-order chi connectivity index (χ0) is 27.2. The molecular formula is C30H31N3O6. The summed E-state index contributed by atoms with van der Waals surface area (Å²) >= 11 is 0. The zero-order valence-corrected chi connectivity index (χ0v) is 22.3. The van der Waals surface area contributed by atoms with E-state index in [-0.39, 0.29) is 18.4 Å². The lowest BCUT2D eigenvalue weighted by Gasteiger charge is -2.23. The van der Waals surface area contributed by atoms with E-state index >= 15 is 0 Å². The van der Waals surface area contributed by atoms with Gasteiger partial charge in [0.05, 0.1) is 20.8 Å². The summed E-state index contributed by atoms with van der Waals surface area (Å²) in [5.74, 6) is 3.01. The van der Waals surface area contributed by atoms with Crippen molar-refractivity contribution < 1.29 is 28.2 Å². The number of methoxy groups -OCH3 is 2. The quantitative estimate of drug-likeness (QED) is 0.271. The number of rotatable bonds is 11. The number of benzene rings is 3. The lowest BCUT2D eigenvalue weighted by atomic mass is 10.1. The highest BCUT2D eigenvalue weighted by atomic mass is 16.7. The van der Waals surface area contributed by atoms with E-state index in [1.165, 1.54) is 6.26 Å². The van der Waals surface area contributed by atoms with Gasteiger partial charge in [0.2, 0.25) is 12.7 Å². The molecule has 202 valence electrons. The average Bonchev–Trinajstić information content (AvgIpc) is 3.62. The van der Waals surface area contributed by atoms with Crippen LogP contribution in [-0.4, -0.2) is 48.8 Å². The van der Waals surface area contributed by atoms with Gasteiger partial charge < -0.3 is 28.3 Å². The van der Waals surface area contributed by atoms with Gasteiger partial charge in [0.25, 0.3) is 5.91 Å². The van der Waals surface area contributed by atoms with E-state index in [2.05, 4.69) is 9.88 Å². The Morgan fingerprint density at radius 3 is 2.49 bits per heavy atom. The van der Waals surface area contributed by atoms with Crippen molar-refractivity contribution in [3.63, 3.8) is 0 Å². The van der Waals surface area contributed by atoms with Crippen LogP contribution in [0.1, 0.15) is 33.1 Å². The molecule has 1 aromatic heterocycles. The number of carbonyl (C=O) groups is 1. The van der Waals surface area contributed by atoms with Crippen LogP contribution >= 0.6 is 0 Å². The third-order valence-electron chi connectivity index (χ3n) is 6.46. The molecular weight excluding hydrogens is 498 g/mol. The van der Waals surface area contributed by atoms with Crippen molar-refractivity contribution in [2.24, 2.45) is 0 Å². The van der Waals surface area contributed by atoms with Gasteiger partial charge in [-0.15, -0.1) is 0 Å². The van der Waals surface area contributed by atoms with Crippen LogP contribution in [-0.2, 0) is 26.2 Å². The molecule has 3 aromatic carbocycles. The minimum atomic E-state index is -0.203. The Bertz CT molecular complexity index is 1420. The third kappa shape index (κ3) is 6.15. The second-order valence-corrected chi connectivity index (χ2v) is 9.26. The summed E-state index contributed by atoms with van der Waals surface area (Å²) in [7, 11) is 5.00. The number of amides is 1. The number of carbonyl (C=O) groups excluding carboxylic acids is 1. The van der Waals surface area contributed by atoms with Crippen LogP contribution < -0.4 is 18.9 Å². The molecule has 0 atom stereocenters. The first-order chi connectivity index (χ1) is 19.0. The van der Waals surface area contributed by atoms with Gasteiger partial charge in [-0.2, -0.15) is 0 Å². The molecule has 0 radical (unpaired) electrons. The van der Waals surface area contributed by atoms with Gasteiger partial charge in [-0.05, 0) is 29.3 Å². The van der Waals surface area contributed by atoms with E-state index in [1.54, 1.807) is 26.2 Å². The van der Waals surface area contributed by atoms with E-state index < -0.39 is 0 Å². The highest BCUT2D eigenvalue weighted by Crippen LogP contribution is 2.34. The minimum absolute atomic E-state index is 0.203. The van der Waals surface area contributed by atoms with Gasteiger partial charge in [0.15, 0.2) is 28.7 Å². The summed E-state index contributed by atoms with van der Waals surface area (Å²) < 4.78 is 28.0. The summed E-state index contributed by atoms with van der Waals surface area (Å²) in [6.07, 6.45) is 1.42. The topological polar surface area (TPSA) is 86.5 Å². The van der Waals surface area contributed by atoms with Gasteiger partial charge in [-0.25, -0.2) is 4.98 Å². The molecule has 0 saturated carbocycles. The maximum Gasteiger partial charge on any atom is 0.275 e. The fourth-order valence-electron chi connectivity index (χ4n) is 4.58. The first-order valence-corrected chi connectivity index (χ1v) is 12.6. The Morgan fingerprint density at radius 1 is 0.872 bits per heavy atom. The lowest BCUT2D eigenvalue weighted by molar-refractivity contribution is 0.0779. The summed E-state index contributed by atoms with van der Waals surface area (Å²) in [5.41, 5.74) is 3.29. The third-order valence-corrected chi connectivity index (χ3v) is 6.46. The molecule has 1 aliphatic rings. The summed E-state index contributed by atoms with van der Waals surface area (Å²) in [6, 6.07) is 21.5. The number of aromatic nitrogens is 1. The second-order valence-electron chi connectivity index (χ2n) is 9.26. The van der Waals surface area contributed by atoms with Crippen molar-refractivity contribution in [1.29, 1.82) is 0 Å². The molecule has 1 aliphatic heterocycles. The molecule has 0 aliphatic carbocycles. The first-order valence-electron chi connectivity index (χ1n) is 12.6. The Labute approximate surface area is 227 Å². The molecule has 9 nitrogen and oxygen atoms in total. The molecule has 0 N–H and O–H groups in total. The minimum Gasteiger partial charge on any atom is -0.493 e. The van der Waals surface area contributed by atoms with Gasteiger partial charge in [0, 0.05) is 32.2 Å². The maximum atomic E-state index is 13.0. The molecule has 0 spiro atoms. The smallest absolute Gasteiger partial charge is 0.275 e. The largest absolute Gasteiger partial charge is 0.493 e. The molecule has 2 heterocycles. The van der Waals surface area contributed by atoms with Gasteiger partial charge in [0.1, 0.15) is 6.26 Å². The van der Waals surface area contributed by atoms with Crippen LogP contribution in [0.3, 0.4) is 0 Å². The normalized spacial score (nSPS) is 12.0. The molecule has 0 fully saturated rings. The zero-order valence-electron chi connectivity index (χ0n) is 22.3. The highest BCUT2D eigenvalue weighted by molar-refractivity contribution is 5.91. The van der Waals surface area contributed by atoms with Crippen LogP contribution in [0.15, 0.2) is 77.4 Å². The molecule has 0 bridgehead atoms. The van der Waals surface area contributed by atoms with Gasteiger partial charge in [-0.3, -0.25) is 9.69 Å². The number of hydrogen-bond donors (Lipinski definition) is 0. The van der Waals surface area contributed by atoms with E-state index in [0.717, 1.165) is 28.2 Å². The monoisotopic (exact) mass is 529 g/mol. The van der Waals surface area contributed by atoms with E-state index in [1.807, 2.05) is 66.7 Å². The van der Waals surface area contributed by atoms with Crippen molar-refractivity contribution in [2.45, 2.75) is 26.2 Å². The van der Waals surface area contributed by atoms with Crippen molar-refractivity contribution >= 4 is 5.91 Å². The van der Waals surface area contributed by atoms with Crippen molar-refractivity contribution in [3.8, 4) is 23.0 Å². The molecule has 0 unspecified atom stereocenters. The van der Waals surface area contributed by atoms with E-state index in [0.29, 0.717) is 43.6 Å². The lowest BCUT2D eigenvalue weighted by Crippen LogP contribution is -2.27.